The molecule has 18 heavy (non-hydrogen) atoms. The number of fused-ring (bicyclic) bond motifs is 1. The molecule has 0 radical (unpaired) electrons. The van der Waals surface area contributed by atoms with Gasteiger partial charge in [0.1, 0.15) is 16.2 Å². The lowest BCUT2D eigenvalue weighted by Gasteiger charge is -1.96. The van der Waals surface area contributed by atoms with Crippen molar-refractivity contribution in [2.75, 3.05) is 7.11 Å². The van der Waals surface area contributed by atoms with Gasteiger partial charge in [0, 0.05) is 5.39 Å². The smallest absolute Gasteiger partial charge is 0.358 e. The molecule has 0 aliphatic heterocycles. The quantitative estimate of drug-likeness (QED) is 0.662. The van der Waals surface area contributed by atoms with Gasteiger partial charge in [-0.15, -0.1) is 11.3 Å². The van der Waals surface area contributed by atoms with Crippen LogP contribution in [0.4, 0.5) is 0 Å². The van der Waals surface area contributed by atoms with Crippen LogP contribution in [0.2, 0.25) is 0 Å². The summed E-state index contributed by atoms with van der Waals surface area (Å²) in [5, 5.41) is 0.997. The fourth-order valence-electron chi connectivity index (χ4n) is 1.76. The maximum Gasteiger partial charge on any atom is 0.358 e. The van der Waals surface area contributed by atoms with Crippen molar-refractivity contribution in [3.05, 3.63) is 41.5 Å². The molecule has 0 fully saturated rings. The molecule has 0 aliphatic carbocycles. The van der Waals surface area contributed by atoms with E-state index in [1.165, 1.54) is 18.4 Å². The summed E-state index contributed by atoms with van der Waals surface area (Å²) in [6.45, 7) is 0. The summed E-state index contributed by atoms with van der Waals surface area (Å²) in [4.78, 5) is 16.3. The third-order valence-corrected chi connectivity index (χ3v) is 3.44. The summed E-state index contributed by atoms with van der Waals surface area (Å²) in [6, 6.07) is 9.59. The lowest BCUT2D eigenvalue weighted by atomic mass is 10.2. The van der Waals surface area contributed by atoms with Crippen LogP contribution in [-0.2, 0) is 4.74 Å². The zero-order chi connectivity index (χ0) is 12.5. The molecule has 0 saturated carbocycles. The summed E-state index contributed by atoms with van der Waals surface area (Å²) in [5.41, 5.74) is 2.69. The molecule has 90 valence electrons. The highest BCUT2D eigenvalue weighted by molar-refractivity contribution is 7.13. The second kappa shape index (κ2) is 4.27. The first kappa shape index (κ1) is 11.0. The first-order valence-corrected chi connectivity index (χ1v) is 6.18. The van der Waals surface area contributed by atoms with Gasteiger partial charge in [-0.1, -0.05) is 18.2 Å². The van der Waals surface area contributed by atoms with E-state index in [9.17, 15) is 4.79 Å². The van der Waals surface area contributed by atoms with E-state index in [2.05, 4.69) is 4.98 Å². The Balaban J connectivity index is 2.14. The highest BCUT2D eigenvalue weighted by Gasteiger charge is 2.19. The lowest BCUT2D eigenvalue weighted by Crippen LogP contribution is -2.02. The van der Waals surface area contributed by atoms with E-state index >= 15 is 0 Å². The number of hydrogen-bond donors (Lipinski definition) is 0. The molecule has 0 aliphatic rings. The zero-order valence-corrected chi connectivity index (χ0v) is 10.4. The first-order chi connectivity index (χ1) is 8.79. The minimum atomic E-state index is -0.452. The van der Waals surface area contributed by atoms with Gasteiger partial charge in [0.2, 0.25) is 0 Å². The SMILES string of the molecule is COC(=O)c1ncsc1-c1cc2ccccc2o1. The summed E-state index contributed by atoms with van der Waals surface area (Å²) < 4.78 is 10.4. The maximum absolute atomic E-state index is 11.6. The van der Waals surface area contributed by atoms with Crippen LogP contribution in [0.15, 0.2) is 40.3 Å². The van der Waals surface area contributed by atoms with Gasteiger partial charge in [0.25, 0.3) is 0 Å². The number of benzene rings is 1. The first-order valence-electron chi connectivity index (χ1n) is 5.30. The van der Waals surface area contributed by atoms with Crippen molar-refractivity contribution in [2.45, 2.75) is 0 Å². The van der Waals surface area contributed by atoms with Crippen LogP contribution < -0.4 is 0 Å². The topological polar surface area (TPSA) is 52.3 Å². The average molecular weight is 259 g/mol. The highest BCUT2D eigenvalue weighted by atomic mass is 32.1. The van der Waals surface area contributed by atoms with Crippen LogP contribution in [0.25, 0.3) is 21.6 Å². The Bertz CT molecular complexity index is 681. The third kappa shape index (κ3) is 1.69. The van der Waals surface area contributed by atoms with Gasteiger partial charge in [-0.05, 0) is 12.1 Å². The molecule has 3 rings (SSSR count). The second-order valence-corrected chi connectivity index (χ2v) is 4.52. The molecule has 0 saturated heterocycles. The zero-order valence-electron chi connectivity index (χ0n) is 9.54. The van der Waals surface area contributed by atoms with Crippen LogP contribution >= 0.6 is 11.3 Å². The molecule has 2 aromatic heterocycles. The number of hydrogen-bond acceptors (Lipinski definition) is 5. The van der Waals surface area contributed by atoms with Crippen LogP contribution in [0, 0.1) is 0 Å². The van der Waals surface area contributed by atoms with Crippen LogP contribution in [0.5, 0.6) is 0 Å². The van der Waals surface area contributed by atoms with Crippen molar-refractivity contribution in [1.82, 2.24) is 4.98 Å². The summed E-state index contributed by atoms with van der Waals surface area (Å²) in [7, 11) is 1.34. The molecule has 0 unspecified atom stereocenters. The molecule has 1 aromatic carbocycles. The van der Waals surface area contributed by atoms with Crippen molar-refractivity contribution in [3.8, 4) is 10.6 Å². The van der Waals surface area contributed by atoms with Gasteiger partial charge in [-0.3, -0.25) is 0 Å². The third-order valence-electron chi connectivity index (χ3n) is 2.60. The van der Waals surface area contributed by atoms with Gasteiger partial charge in [-0.2, -0.15) is 0 Å². The number of carbonyl (C=O) groups is 1. The number of methoxy groups -OCH3 is 1. The molecule has 5 heteroatoms. The lowest BCUT2D eigenvalue weighted by molar-refractivity contribution is 0.0595. The fourth-order valence-corrected chi connectivity index (χ4v) is 2.48. The standard InChI is InChI=1S/C13H9NO3S/c1-16-13(15)11-12(18-7-14-11)10-6-8-4-2-3-5-9(8)17-10/h2-7H,1H3. The molecule has 4 nitrogen and oxygen atoms in total. The molecule has 0 spiro atoms. The number of thiazole rings is 1. The van der Waals surface area contributed by atoms with E-state index in [1.54, 1.807) is 5.51 Å². The van der Waals surface area contributed by atoms with E-state index in [0.29, 0.717) is 16.3 Å². The number of nitrogens with zero attached hydrogens (tertiary/aromatic N) is 1. The molecule has 0 N–H and O–H groups in total. The van der Waals surface area contributed by atoms with E-state index in [4.69, 9.17) is 9.15 Å². The minimum absolute atomic E-state index is 0.293. The van der Waals surface area contributed by atoms with Gasteiger partial charge in [-0.25, -0.2) is 9.78 Å². The largest absolute Gasteiger partial charge is 0.464 e. The average Bonchev–Trinajstić information content (AvgIpc) is 3.03. The predicted molar refractivity (Wildman–Crippen MR) is 68.7 cm³/mol. The van der Waals surface area contributed by atoms with Gasteiger partial charge < -0.3 is 9.15 Å². The number of carbonyl (C=O) groups excluding carboxylic acids is 1. The van der Waals surface area contributed by atoms with Crippen LogP contribution in [0.3, 0.4) is 0 Å². The van der Waals surface area contributed by atoms with Crippen molar-refractivity contribution in [1.29, 1.82) is 0 Å². The number of ether oxygens (including phenoxy) is 1. The van der Waals surface area contributed by atoms with Crippen LogP contribution in [0.1, 0.15) is 10.5 Å². The molecular weight excluding hydrogens is 250 g/mol. The Hall–Kier alpha value is -2.14. The predicted octanol–water partition coefficient (Wildman–Crippen LogP) is 3.34. The normalized spacial score (nSPS) is 10.7. The summed E-state index contributed by atoms with van der Waals surface area (Å²) >= 11 is 1.36. The van der Waals surface area contributed by atoms with Gasteiger partial charge >= 0.3 is 5.97 Å². The summed E-state index contributed by atoms with van der Waals surface area (Å²) in [5.74, 6) is 0.186. The van der Waals surface area contributed by atoms with E-state index < -0.39 is 5.97 Å². The minimum Gasteiger partial charge on any atom is -0.464 e. The van der Waals surface area contributed by atoms with Crippen molar-refractivity contribution >= 4 is 28.3 Å². The number of esters is 1. The summed E-state index contributed by atoms with van der Waals surface area (Å²) in [6.07, 6.45) is 0. The monoisotopic (exact) mass is 259 g/mol. The maximum atomic E-state index is 11.6. The van der Waals surface area contributed by atoms with Crippen molar-refractivity contribution in [2.24, 2.45) is 0 Å². The Morgan fingerprint density at radius 2 is 2.22 bits per heavy atom. The Labute approximate surface area is 107 Å². The number of rotatable bonds is 2. The van der Waals surface area contributed by atoms with Gasteiger partial charge in [0.05, 0.1) is 12.6 Å². The van der Waals surface area contributed by atoms with E-state index in [1.807, 2.05) is 30.3 Å². The number of aromatic nitrogens is 1. The number of para-hydroxylation sites is 1. The fraction of sp³-hybridized carbons (Fsp3) is 0.0769. The Morgan fingerprint density at radius 3 is 3.00 bits per heavy atom. The van der Waals surface area contributed by atoms with Crippen molar-refractivity contribution in [3.63, 3.8) is 0 Å². The molecular formula is C13H9NO3S. The molecule has 0 atom stereocenters. The molecule has 2 heterocycles. The van der Waals surface area contributed by atoms with Gasteiger partial charge in [0.15, 0.2) is 5.69 Å². The van der Waals surface area contributed by atoms with Crippen LogP contribution in [-0.4, -0.2) is 18.1 Å². The Morgan fingerprint density at radius 1 is 1.39 bits per heavy atom. The molecule has 0 amide bonds. The second-order valence-electron chi connectivity index (χ2n) is 3.67. The molecule has 3 aromatic rings. The van der Waals surface area contributed by atoms with E-state index in [-0.39, 0.29) is 0 Å². The highest BCUT2D eigenvalue weighted by Crippen LogP contribution is 2.32. The Kier molecular flexibility index (Phi) is 2.60. The number of furan rings is 1. The molecule has 0 bridgehead atoms. The van der Waals surface area contributed by atoms with Crippen molar-refractivity contribution < 1.29 is 13.9 Å². The van der Waals surface area contributed by atoms with E-state index in [0.717, 1.165) is 11.0 Å².